The highest BCUT2D eigenvalue weighted by Gasteiger charge is 2.05. The van der Waals surface area contributed by atoms with Crippen molar-refractivity contribution in [3.8, 4) is 5.88 Å². The molecule has 2 aromatic rings. The van der Waals surface area contributed by atoms with E-state index in [1.165, 1.54) is 10.4 Å². The molecule has 0 spiro atoms. The Kier molecular flexibility index (Phi) is 5.70. The second-order valence-electron chi connectivity index (χ2n) is 5.39. The maximum absolute atomic E-state index is 5.74. The number of aryl methyl sites for hydroxylation is 2. The first-order chi connectivity index (χ1) is 10.1. The van der Waals surface area contributed by atoms with Crippen LogP contribution in [0.1, 0.15) is 35.7 Å². The number of ether oxygens (including phenoxy) is 1. The first kappa shape index (κ1) is 15.9. The molecule has 0 aliphatic heterocycles. The second kappa shape index (κ2) is 7.52. The van der Waals surface area contributed by atoms with Gasteiger partial charge in [-0.2, -0.15) is 0 Å². The van der Waals surface area contributed by atoms with E-state index >= 15 is 0 Å². The maximum atomic E-state index is 5.74. The van der Waals surface area contributed by atoms with Crippen molar-refractivity contribution in [3.05, 3.63) is 39.5 Å². The van der Waals surface area contributed by atoms with Gasteiger partial charge in [-0.15, -0.1) is 11.3 Å². The topological polar surface area (TPSA) is 47.0 Å². The van der Waals surface area contributed by atoms with Crippen molar-refractivity contribution in [2.24, 2.45) is 0 Å². The van der Waals surface area contributed by atoms with Crippen LogP contribution in [0.15, 0.2) is 17.6 Å². The molecule has 0 aliphatic carbocycles. The summed E-state index contributed by atoms with van der Waals surface area (Å²) < 4.78 is 5.74. The Morgan fingerprint density at radius 2 is 2.05 bits per heavy atom. The molecule has 0 atom stereocenters. The molecule has 114 valence electrons. The van der Waals surface area contributed by atoms with Crippen LogP contribution in [0, 0.1) is 13.8 Å². The van der Waals surface area contributed by atoms with Crippen LogP contribution in [0.5, 0.6) is 5.88 Å². The standard InChI is InChI=1S/C16H23N3OS/c1-11(2)17-9-14-5-6-16(19-12(14)3)20-8-7-15-13(4)18-10-21-15/h5-6,10-11,17H,7-9H2,1-4H3. The summed E-state index contributed by atoms with van der Waals surface area (Å²) in [6.07, 6.45) is 0.883. The van der Waals surface area contributed by atoms with Crippen LogP contribution >= 0.6 is 11.3 Å². The summed E-state index contributed by atoms with van der Waals surface area (Å²) in [7, 11) is 0. The molecule has 0 amide bonds. The molecule has 5 heteroatoms. The molecule has 0 saturated carbocycles. The van der Waals surface area contributed by atoms with E-state index in [9.17, 15) is 0 Å². The molecule has 0 saturated heterocycles. The minimum atomic E-state index is 0.475. The van der Waals surface area contributed by atoms with Gasteiger partial charge in [0, 0.05) is 35.6 Å². The number of thiazole rings is 1. The lowest BCUT2D eigenvalue weighted by Gasteiger charge is -2.11. The number of nitrogens with one attached hydrogen (secondary N) is 1. The fourth-order valence-corrected chi connectivity index (χ4v) is 2.73. The summed E-state index contributed by atoms with van der Waals surface area (Å²) in [6, 6.07) is 4.51. The van der Waals surface area contributed by atoms with E-state index in [0.717, 1.165) is 24.4 Å². The normalized spacial score (nSPS) is 11.1. The lowest BCUT2D eigenvalue weighted by atomic mass is 10.2. The van der Waals surface area contributed by atoms with Gasteiger partial charge in [-0.3, -0.25) is 0 Å². The third-order valence-corrected chi connectivity index (χ3v) is 4.29. The number of nitrogens with zero attached hydrogens (tertiary/aromatic N) is 2. The average Bonchev–Trinajstić information content (AvgIpc) is 2.83. The molecule has 0 aliphatic rings. The summed E-state index contributed by atoms with van der Waals surface area (Å²) in [6.45, 7) is 9.82. The quantitative estimate of drug-likeness (QED) is 0.853. The lowest BCUT2D eigenvalue weighted by molar-refractivity contribution is 0.309. The van der Waals surface area contributed by atoms with Gasteiger partial charge in [0.05, 0.1) is 17.8 Å². The number of hydrogen-bond donors (Lipinski definition) is 1. The molecule has 2 aromatic heterocycles. The van der Waals surface area contributed by atoms with E-state index < -0.39 is 0 Å². The van der Waals surface area contributed by atoms with E-state index in [1.54, 1.807) is 11.3 Å². The average molecular weight is 305 g/mol. The van der Waals surface area contributed by atoms with Crippen LogP contribution in [0.3, 0.4) is 0 Å². The zero-order valence-corrected chi connectivity index (χ0v) is 14.0. The molecule has 0 unspecified atom stereocenters. The minimum Gasteiger partial charge on any atom is -0.477 e. The molecule has 0 radical (unpaired) electrons. The van der Waals surface area contributed by atoms with Crippen molar-refractivity contribution in [3.63, 3.8) is 0 Å². The Morgan fingerprint density at radius 1 is 1.24 bits per heavy atom. The van der Waals surface area contributed by atoms with Gasteiger partial charge in [0.15, 0.2) is 0 Å². The van der Waals surface area contributed by atoms with Gasteiger partial charge >= 0.3 is 0 Å². The summed E-state index contributed by atoms with van der Waals surface area (Å²) in [5, 5.41) is 3.40. The fraction of sp³-hybridized carbons (Fsp3) is 0.500. The Morgan fingerprint density at radius 3 is 2.67 bits per heavy atom. The monoisotopic (exact) mass is 305 g/mol. The van der Waals surface area contributed by atoms with Crippen LogP contribution in [-0.4, -0.2) is 22.6 Å². The maximum Gasteiger partial charge on any atom is 0.213 e. The van der Waals surface area contributed by atoms with Crippen molar-refractivity contribution in [2.75, 3.05) is 6.61 Å². The highest BCUT2D eigenvalue weighted by atomic mass is 32.1. The summed E-state index contributed by atoms with van der Waals surface area (Å²) in [5.74, 6) is 0.697. The SMILES string of the molecule is Cc1nc(OCCc2scnc2C)ccc1CNC(C)C. The van der Waals surface area contributed by atoms with Crippen molar-refractivity contribution in [1.82, 2.24) is 15.3 Å². The molecule has 0 bridgehead atoms. The van der Waals surface area contributed by atoms with Crippen molar-refractivity contribution in [1.29, 1.82) is 0 Å². The van der Waals surface area contributed by atoms with Crippen LogP contribution in [-0.2, 0) is 13.0 Å². The van der Waals surface area contributed by atoms with Gasteiger partial charge in [0.25, 0.3) is 0 Å². The van der Waals surface area contributed by atoms with E-state index in [2.05, 4.69) is 35.2 Å². The molecule has 0 aromatic carbocycles. The van der Waals surface area contributed by atoms with Crippen molar-refractivity contribution >= 4 is 11.3 Å². The highest BCUT2D eigenvalue weighted by molar-refractivity contribution is 7.09. The molecule has 1 N–H and O–H groups in total. The van der Waals surface area contributed by atoms with Gasteiger partial charge in [0.1, 0.15) is 0 Å². The van der Waals surface area contributed by atoms with Gasteiger partial charge in [-0.25, -0.2) is 9.97 Å². The van der Waals surface area contributed by atoms with Gasteiger partial charge < -0.3 is 10.1 Å². The summed E-state index contributed by atoms with van der Waals surface area (Å²) in [5.41, 5.74) is 5.22. The number of aromatic nitrogens is 2. The number of pyridine rings is 1. The summed E-state index contributed by atoms with van der Waals surface area (Å²) >= 11 is 1.68. The van der Waals surface area contributed by atoms with E-state index in [0.29, 0.717) is 18.5 Å². The Labute approximate surface area is 130 Å². The van der Waals surface area contributed by atoms with Crippen LogP contribution in [0.25, 0.3) is 0 Å². The van der Waals surface area contributed by atoms with Gasteiger partial charge in [0.2, 0.25) is 5.88 Å². The van der Waals surface area contributed by atoms with E-state index in [1.807, 2.05) is 25.4 Å². The van der Waals surface area contributed by atoms with Crippen LogP contribution in [0.2, 0.25) is 0 Å². The zero-order valence-electron chi connectivity index (χ0n) is 13.1. The fourth-order valence-electron chi connectivity index (χ4n) is 1.96. The van der Waals surface area contributed by atoms with Gasteiger partial charge in [-0.1, -0.05) is 19.9 Å². The third-order valence-electron chi connectivity index (χ3n) is 3.29. The smallest absolute Gasteiger partial charge is 0.213 e. The lowest BCUT2D eigenvalue weighted by Crippen LogP contribution is -2.22. The van der Waals surface area contributed by atoms with Crippen molar-refractivity contribution in [2.45, 2.75) is 46.7 Å². The zero-order chi connectivity index (χ0) is 15.2. The largest absolute Gasteiger partial charge is 0.477 e. The molecule has 2 heterocycles. The molecule has 4 nitrogen and oxygen atoms in total. The Hall–Kier alpha value is -1.46. The van der Waals surface area contributed by atoms with E-state index in [4.69, 9.17) is 4.74 Å². The van der Waals surface area contributed by atoms with Crippen LogP contribution < -0.4 is 10.1 Å². The Bertz CT molecular complexity index is 581. The predicted molar refractivity (Wildman–Crippen MR) is 87.0 cm³/mol. The van der Waals surface area contributed by atoms with Crippen molar-refractivity contribution < 1.29 is 4.74 Å². The third kappa shape index (κ3) is 4.79. The highest BCUT2D eigenvalue weighted by Crippen LogP contribution is 2.15. The molecule has 2 rings (SSSR count). The Balaban J connectivity index is 1.86. The summed E-state index contributed by atoms with van der Waals surface area (Å²) in [4.78, 5) is 10.0. The predicted octanol–water partition coefficient (Wildman–Crippen LogP) is 3.27. The first-order valence-electron chi connectivity index (χ1n) is 7.28. The molecular weight excluding hydrogens is 282 g/mol. The van der Waals surface area contributed by atoms with E-state index in [-0.39, 0.29) is 0 Å². The van der Waals surface area contributed by atoms with Crippen LogP contribution in [0.4, 0.5) is 0 Å². The molecule has 0 fully saturated rings. The first-order valence-corrected chi connectivity index (χ1v) is 8.16. The molecule has 21 heavy (non-hydrogen) atoms. The number of rotatable bonds is 7. The minimum absolute atomic E-state index is 0.475. The van der Waals surface area contributed by atoms with Gasteiger partial charge in [-0.05, 0) is 19.4 Å². The number of hydrogen-bond acceptors (Lipinski definition) is 5. The molecular formula is C16H23N3OS. The second-order valence-corrected chi connectivity index (χ2v) is 6.33.